The van der Waals surface area contributed by atoms with E-state index in [1.54, 1.807) is 19.2 Å². The predicted octanol–water partition coefficient (Wildman–Crippen LogP) is 1.59. The summed E-state index contributed by atoms with van der Waals surface area (Å²) in [5.74, 6) is 1.36. The van der Waals surface area contributed by atoms with E-state index < -0.39 is 10.0 Å². The highest BCUT2D eigenvalue weighted by Crippen LogP contribution is 2.28. The molecule has 1 aliphatic carbocycles. The lowest BCUT2D eigenvalue weighted by Crippen LogP contribution is -2.27. The van der Waals surface area contributed by atoms with Crippen LogP contribution in [0.3, 0.4) is 0 Å². The molecule has 1 saturated carbocycles. The van der Waals surface area contributed by atoms with Crippen LogP contribution in [0.4, 0.5) is 5.82 Å². The second-order valence-electron chi connectivity index (χ2n) is 4.61. The molecule has 0 atom stereocenters. The number of nitrogens with one attached hydrogen (secondary N) is 2. The van der Waals surface area contributed by atoms with E-state index in [0.29, 0.717) is 18.3 Å². The molecule has 5 nitrogen and oxygen atoms in total. The first kappa shape index (κ1) is 13.3. The minimum Gasteiger partial charge on any atom is -0.373 e. The molecule has 0 amide bonds. The number of hydrogen-bond donors (Lipinski definition) is 2. The molecular formula is C12H19N3O2S. The molecule has 1 heterocycles. The van der Waals surface area contributed by atoms with Gasteiger partial charge in [-0.05, 0) is 24.5 Å². The van der Waals surface area contributed by atoms with Crippen molar-refractivity contribution in [3.63, 3.8) is 0 Å². The Balaban J connectivity index is 1.91. The molecule has 0 radical (unpaired) electrons. The summed E-state index contributed by atoms with van der Waals surface area (Å²) in [4.78, 5) is 4.22. The quantitative estimate of drug-likeness (QED) is 0.822. The van der Waals surface area contributed by atoms with Gasteiger partial charge in [0, 0.05) is 19.8 Å². The molecule has 1 aromatic rings. The van der Waals surface area contributed by atoms with Crippen molar-refractivity contribution in [3.05, 3.63) is 18.3 Å². The van der Waals surface area contributed by atoms with Crippen LogP contribution in [-0.2, 0) is 10.0 Å². The average Bonchev–Trinajstić information content (AvgIpc) is 2.32. The van der Waals surface area contributed by atoms with Crippen molar-refractivity contribution in [3.8, 4) is 0 Å². The first-order valence-electron chi connectivity index (χ1n) is 6.25. The third kappa shape index (κ3) is 3.20. The molecular weight excluding hydrogens is 250 g/mol. The summed E-state index contributed by atoms with van der Waals surface area (Å²) < 4.78 is 26.5. The fraction of sp³-hybridized carbons (Fsp3) is 0.583. The molecule has 0 bridgehead atoms. The van der Waals surface area contributed by atoms with Gasteiger partial charge in [0.05, 0.1) is 0 Å². The van der Waals surface area contributed by atoms with Crippen molar-refractivity contribution in [2.75, 3.05) is 18.9 Å². The zero-order chi connectivity index (χ0) is 13.0. The maximum atomic E-state index is 11.9. The van der Waals surface area contributed by atoms with Crippen molar-refractivity contribution in [2.45, 2.75) is 30.6 Å². The summed E-state index contributed by atoms with van der Waals surface area (Å²) in [6.45, 7) is 0.515. The average molecular weight is 269 g/mol. The molecule has 2 rings (SSSR count). The summed E-state index contributed by atoms with van der Waals surface area (Å²) in [7, 11) is -1.66. The normalized spacial score (nSPS) is 16.3. The van der Waals surface area contributed by atoms with Gasteiger partial charge in [-0.3, -0.25) is 0 Å². The van der Waals surface area contributed by atoms with Crippen LogP contribution in [0.2, 0.25) is 0 Å². The van der Waals surface area contributed by atoms with Crippen LogP contribution in [0.5, 0.6) is 0 Å². The van der Waals surface area contributed by atoms with E-state index in [-0.39, 0.29) is 4.90 Å². The van der Waals surface area contributed by atoms with Crippen molar-refractivity contribution in [2.24, 2.45) is 5.92 Å². The van der Waals surface area contributed by atoms with E-state index in [1.807, 2.05) is 0 Å². The Kier molecular flexibility index (Phi) is 4.19. The van der Waals surface area contributed by atoms with Crippen molar-refractivity contribution in [1.82, 2.24) is 9.71 Å². The lowest BCUT2D eigenvalue weighted by molar-refractivity contribution is 0.297. The van der Waals surface area contributed by atoms with Gasteiger partial charge in [0.25, 0.3) is 0 Å². The lowest BCUT2D eigenvalue weighted by Gasteiger charge is -2.25. The van der Waals surface area contributed by atoms with Gasteiger partial charge in [0.15, 0.2) is 0 Å². The topological polar surface area (TPSA) is 71.1 Å². The molecule has 1 fully saturated rings. The van der Waals surface area contributed by atoms with Crippen LogP contribution in [0.15, 0.2) is 23.2 Å². The van der Waals surface area contributed by atoms with Crippen LogP contribution in [-0.4, -0.2) is 27.0 Å². The smallest absolute Gasteiger partial charge is 0.242 e. The molecule has 0 spiro atoms. The van der Waals surface area contributed by atoms with Crippen molar-refractivity contribution < 1.29 is 8.42 Å². The number of rotatable bonds is 6. The van der Waals surface area contributed by atoms with E-state index in [0.717, 1.165) is 6.42 Å². The predicted molar refractivity (Wildman–Crippen MR) is 70.9 cm³/mol. The fourth-order valence-electron chi connectivity index (χ4n) is 1.95. The Labute approximate surface area is 108 Å². The molecule has 0 aliphatic heterocycles. The summed E-state index contributed by atoms with van der Waals surface area (Å²) in [6, 6.07) is 3.21. The number of nitrogens with zero attached hydrogens (tertiary/aromatic N) is 1. The second kappa shape index (κ2) is 5.67. The SMILES string of the molecule is CNc1ccc(S(=O)(=O)NCCC2CCC2)cn1. The third-order valence-electron chi connectivity index (χ3n) is 3.37. The highest BCUT2D eigenvalue weighted by atomic mass is 32.2. The Hall–Kier alpha value is -1.14. The van der Waals surface area contributed by atoms with Gasteiger partial charge in [-0.1, -0.05) is 19.3 Å². The van der Waals surface area contributed by atoms with Gasteiger partial charge in [-0.15, -0.1) is 0 Å². The maximum absolute atomic E-state index is 11.9. The molecule has 18 heavy (non-hydrogen) atoms. The molecule has 1 aliphatic rings. The van der Waals surface area contributed by atoms with E-state index in [9.17, 15) is 8.42 Å². The standard InChI is InChI=1S/C12H19N3O2S/c1-13-12-6-5-11(9-14-12)18(16,17)15-8-7-10-3-2-4-10/h5-6,9-10,15H,2-4,7-8H2,1H3,(H,13,14). The zero-order valence-electron chi connectivity index (χ0n) is 10.5. The molecule has 2 N–H and O–H groups in total. The van der Waals surface area contributed by atoms with Crippen molar-refractivity contribution in [1.29, 1.82) is 0 Å². The highest BCUT2D eigenvalue weighted by Gasteiger charge is 2.19. The summed E-state index contributed by atoms with van der Waals surface area (Å²) in [6.07, 6.45) is 6.06. The zero-order valence-corrected chi connectivity index (χ0v) is 11.3. The molecule has 6 heteroatoms. The lowest BCUT2D eigenvalue weighted by atomic mass is 9.83. The maximum Gasteiger partial charge on any atom is 0.242 e. The Morgan fingerprint density at radius 3 is 2.67 bits per heavy atom. The van der Waals surface area contributed by atoms with E-state index >= 15 is 0 Å². The van der Waals surface area contributed by atoms with E-state index in [4.69, 9.17) is 0 Å². The van der Waals surface area contributed by atoms with Gasteiger partial charge in [-0.2, -0.15) is 0 Å². The van der Waals surface area contributed by atoms with Gasteiger partial charge in [0.1, 0.15) is 10.7 Å². The molecule has 0 aromatic carbocycles. The van der Waals surface area contributed by atoms with Gasteiger partial charge >= 0.3 is 0 Å². The van der Waals surface area contributed by atoms with Gasteiger partial charge in [0.2, 0.25) is 10.0 Å². The number of pyridine rings is 1. The molecule has 100 valence electrons. The summed E-state index contributed by atoms with van der Waals surface area (Å²) in [5.41, 5.74) is 0. The number of hydrogen-bond acceptors (Lipinski definition) is 4. The number of sulfonamides is 1. The van der Waals surface area contributed by atoms with Gasteiger partial charge < -0.3 is 5.32 Å². The summed E-state index contributed by atoms with van der Waals surface area (Å²) in [5, 5.41) is 2.85. The van der Waals surface area contributed by atoms with Crippen molar-refractivity contribution >= 4 is 15.8 Å². The van der Waals surface area contributed by atoms with Crippen LogP contribution in [0.25, 0.3) is 0 Å². The third-order valence-corrected chi connectivity index (χ3v) is 4.82. The number of aromatic nitrogens is 1. The monoisotopic (exact) mass is 269 g/mol. The van der Waals surface area contributed by atoms with E-state index in [1.165, 1.54) is 25.5 Å². The number of anilines is 1. The molecule has 1 aromatic heterocycles. The Bertz CT molecular complexity index is 481. The second-order valence-corrected chi connectivity index (χ2v) is 6.38. The first-order valence-corrected chi connectivity index (χ1v) is 7.73. The minimum atomic E-state index is -3.41. The van der Waals surface area contributed by atoms with Crippen LogP contribution >= 0.6 is 0 Å². The van der Waals surface area contributed by atoms with Crippen LogP contribution in [0, 0.1) is 5.92 Å². The molecule has 0 unspecified atom stereocenters. The first-order chi connectivity index (χ1) is 8.62. The van der Waals surface area contributed by atoms with E-state index in [2.05, 4.69) is 15.0 Å². The summed E-state index contributed by atoms with van der Waals surface area (Å²) >= 11 is 0. The fourth-order valence-corrected chi connectivity index (χ4v) is 2.94. The Morgan fingerprint density at radius 2 is 2.17 bits per heavy atom. The highest BCUT2D eigenvalue weighted by molar-refractivity contribution is 7.89. The minimum absolute atomic E-state index is 0.218. The molecule has 0 saturated heterocycles. The van der Waals surface area contributed by atoms with Crippen LogP contribution in [0.1, 0.15) is 25.7 Å². The Morgan fingerprint density at radius 1 is 1.39 bits per heavy atom. The van der Waals surface area contributed by atoms with Gasteiger partial charge in [-0.25, -0.2) is 18.1 Å². The van der Waals surface area contributed by atoms with Crippen LogP contribution < -0.4 is 10.0 Å². The largest absolute Gasteiger partial charge is 0.373 e.